The van der Waals surface area contributed by atoms with Crippen LogP contribution in [0.15, 0.2) is 60.8 Å². The van der Waals surface area contributed by atoms with Crippen molar-refractivity contribution in [1.82, 2.24) is 9.47 Å². The second-order valence-corrected chi connectivity index (χ2v) is 8.03. The number of carbonyl (C=O) groups excluding carboxylic acids is 1. The number of nitro benzene ring substituents is 1. The van der Waals surface area contributed by atoms with E-state index in [1.807, 2.05) is 24.4 Å². The average molecular weight is 440 g/mol. The monoisotopic (exact) mass is 439 g/mol. The number of hydrogen-bond donors (Lipinski definition) is 0. The van der Waals surface area contributed by atoms with Crippen LogP contribution in [0.2, 0.25) is 5.02 Å². The molecule has 1 amide bonds. The summed E-state index contributed by atoms with van der Waals surface area (Å²) in [6, 6.07) is 16.3. The van der Waals surface area contributed by atoms with E-state index in [9.17, 15) is 14.9 Å². The third-order valence-electron chi connectivity index (χ3n) is 5.17. The Morgan fingerprint density at radius 1 is 1.16 bits per heavy atom. The molecule has 0 unspecified atom stereocenters. The van der Waals surface area contributed by atoms with E-state index < -0.39 is 4.92 Å². The zero-order chi connectivity index (χ0) is 22.4. The predicted molar refractivity (Wildman–Crippen MR) is 122 cm³/mol. The predicted octanol–water partition coefficient (Wildman–Crippen LogP) is 5.85. The minimum atomic E-state index is -0.521. The third kappa shape index (κ3) is 5.73. The molecule has 0 bridgehead atoms. The lowest BCUT2D eigenvalue weighted by molar-refractivity contribution is -0.384. The molecule has 0 saturated carbocycles. The van der Waals surface area contributed by atoms with Crippen LogP contribution in [-0.2, 0) is 13.1 Å². The number of nitro groups is 1. The number of amides is 1. The van der Waals surface area contributed by atoms with Gasteiger partial charge in [-0.3, -0.25) is 14.9 Å². The van der Waals surface area contributed by atoms with Crippen molar-refractivity contribution < 1.29 is 9.72 Å². The highest BCUT2D eigenvalue weighted by Crippen LogP contribution is 2.25. The highest BCUT2D eigenvalue weighted by molar-refractivity contribution is 6.34. The lowest BCUT2D eigenvalue weighted by Crippen LogP contribution is -2.32. The Morgan fingerprint density at radius 3 is 2.65 bits per heavy atom. The van der Waals surface area contributed by atoms with Crippen LogP contribution < -0.4 is 0 Å². The van der Waals surface area contributed by atoms with Gasteiger partial charge in [0.05, 0.1) is 22.1 Å². The molecule has 1 aromatic heterocycles. The van der Waals surface area contributed by atoms with Crippen LogP contribution in [0, 0.1) is 17.0 Å². The van der Waals surface area contributed by atoms with Crippen LogP contribution in [-0.4, -0.2) is 26.8 Å². The van der Waals surface area contributed by atoms with Gasteiger partial charge in [0.25, 0.3) is 11.6 Å². The second kappa shape index (κ2) is 10.3. The van der Waals surface area contributed by atoms with Crippen molar-refractivity contribution in [3.05, 3.63) is 98.3 Å². The van der Waals surface area contributed by atoms with E-state index in [0.29, 0.717) is 13.1 Å². The molecule has 0 N–H and O–H groups in total. The molecule has 0 radical (unpaired) electrons. The summed E-state index contributed by atoms with van der Waals surface area (Å²) in [4.78, 5) is 25.5. The number of unbranched alkanes of at least 4 members (excludes halogenated alkanes) is 1. The minimum Gasteiger partial charge on any atom is -0.345 e. The topological polar surface area (TPSA) is 68.4 Å². The summed E-state index contributed by atoms with van der Waals surface area (Å²) >= 11 is 6.22. The largest absolute Gasteiger partial charge is 0.345 e. The van der Waals surface area contributed by atoms with Gasteiger partial charge in [0.2, 0.25) is 0 Å². The molecule has 0 aliphatic heterocycles. The van der Waals surface area contributed by atoms with Gasteiger partial charge in [-0.2, -0.15) is 0 Å². The molecule has 1 heterocycles. The van der Waals surface area contributed by atoms with Crippen LogP contribution in [0.25, 0.3) is 0 Å². The zero-order valence-corrected chi connectivity index (χ0v) is 18.5. The quantitative estimate of drug-likeness (QED) is 0.310. The summed E-state index contributed by atoms with van der Waals surface area (Å²) in [5.41, 5.74) is 3.57. The highest BCUT2D eigenvalue weighted by Gasteiger charge is 2.21. The zero-order valence-electron chi connectivity index (χ0n) is 17.8. The van der Waals surface area contributed by atoms with Gasteiger partial charge in [0, 0.05) is 37.1 Å². The summed E-state index contributed by atoms with van der Waals surface area (Å²) in [5, 5.41) is 11.1. The number of nitrogens with zero attached hydrogens (tertiary/aromatic N) is 3. The minimum absolute atomic E-state index is 0.0934. The molecule has 31 heavy (non-hydrogen) atoms. The van der Waals surface area contributed by atoms with Gasteiger partial charge in [-0.05, 0) is 37.1 Å². The number of non-ortho nitro benzene ring substituents is 1. The first-order chi connectivity index (χ1) is 14.9. The molecule has 3 aromatic rings. The smallest absolute Gasteiger partial charge is 0.270 e. The highest BCUT2D eigenvalue weighted by atomic mass is 35.5. The van der Waals surface area contributed by atoms with E-state index >= 15 is 0 Å². The first-order valence-electron chi connectivity index (χ1n) is 10.3. The Labute approximate surface area is 187 Å². The standard InChI is InChI=1S/C24H26ClN3O3/c1-3-4-12-27(24(29)22-11-10-20(28(30)31)15-23(22)25)17-21-9-6-13-26(21)16-19-8-5-7-18(2)14-19/h5-11,13-15H,3-4,12,16-17H2,1-2H3. The van der Waals surface area contributed by atoms with Crippen LogP contribution in [0.1, 0.15) is 46.9 Å². The van der Waals surface area contributed by atoms with Gasteiger partial charge in [0.1, 0.15) is 0 Å². The van der Waals surface area contributed by atoms with Crippen LogP contribution >= 0.6 is 11.6 Å². The van der Waals surface area contributed by atoms with Crippen molar-refractivity contribution in [1.29, 1.82) is 0 Å². The molecule has 0 aliphatic carbocycles. The second-order valence-electron chi connectivity index (χ2n) is 7.62. The normalized spacial score (nSPS) is 10.8. The molecule has 0 fully saturated rings. The Bertz CT molecular complexity index is 1080. The summed E-state index contributed by atoms with van der Waals surface area (Å²) in [6.07, 6.45) is 3.82. The molecule has 3 rings (SSSR count). The number of carbonyl (C=O) groups is 1. The van der Waals surface area contributed by atoms with Crippen molar-refractivity contribution in [3.63, 3.8) is 0 Å². The summed E-state index contributed by atoms with van der Waals surface area (Å²) in [7, 11) is 0. The molecule has 0 saturated heterocycles. The Hall–Kier alpha value is -3.12. The lowest BCUT2D eigenvalue weighted by Gasteiger charge is -2.24. The van der Waals surface area contributed by atoms with E-state index in [0.717, 1.165) is 25.1 Å². The Kier molecular flexibility index (Phi) is 7.47. The average Bonchev–Trinajstić information content (AvgIpc) is 3.17. The molecule has 7 heteroatoms. The number of halogens is 1. The van der Waals surface area contributed by atoms with Crippen LogP contribution in [0.4, 0.5) is 5.69 Å². The fraction of sp³-hybridized carbons (Fsp3) is 0.292. The van der Waals surface area contributed by atoms with Crippen LogP contribution in [0.3, 0.4) is 0 Å². The molecular weight excluding hydrogens is 414 g/mol. The molecule has 0 spiro atoms. The van der Waals surface area contributed by atoms with E-state index in [1.54, 1.807) is 4.90 Å². The first kappa shape index (κ1) is 22.6. The molecule has 6 nitrogen and oxygen atoms in total. The van der Waals surface area contributed by atoms with Crippen molar-refractivity contribution in [2.24, 2.45) is 0 Å². The maximum atomic E-state index is 13.3. The fourth-order valence-electron chi connectivity index (χ4n) is 3.51. The van der Waals surface area contributed by atoms with Gasteiger partial charge in [-0.25, -0.2) is 0 Å². The van der Waals surface area contributed by atoms with Gasteiger partial charge >= 0.3 is 0 Å². The number of rotatable bonds is 9. The summed E-state index contributed by atoms with van der Waals surface area (Å²) in [5.74, 6) is -0.225. The first-order valence-corrected chi connectivity index (χ1v) is 10.7. The summed E-state index contributed by atoms with van der Waals surface area (Å²) in [6.45, 7) is 5.88. The van der Waals surface area contributed by atoms with E-state index in [2.05, 4.69) is 36.6 Å². The molecule has 0 atom stereocenters. The number of aromatic nitrogens is 1. The molecule has 2 aromatic carbocycles. The maximum Gasteiger partial charge on any atom is 0.270 e. The fourth-order valence-corrected chi connectivity index (χ4v) is 3.77. The maximum absolute atomic E-state index is 13.3. The number of benzene rings is 2. The van der Waals surface area contributed by atoms with Crippen molar-refractivity contribution in [2.45, 2.75) is 39.8 Å². The van der Waals surface area contributed by atoms with Gasteiger partial charge in [-0.15, -0.1) is 0 Å². The Balaban J connectivity index is 1.83. The van der Waals surface area contributed by atoms with E-state index in [-0.39, 0.29) is 22.2 Å². The lowest BCUT2D eigenvalue weighted by atomic mass is 10.1. The third-order valence-corrected chi connectivity index (χ3v) is 5.49. The Morgan fingerprint density at radius 2 is 1.97 bits per heavy atom. The number of aryl methyl sites for hydroxylation is 1. The van der Waals surface area contributed by atoms with Gasteiger partial charge in [0.15, 0.2) is 0 Å². The van der Waals surface area contributed by atoms with Crippen molar-refractivity contribution >= 4 is 23.2 Å². The molecule has 0 aliphatic rings. The number of hydrogen-bond acceptors (Lipinski definition) is 3. The van der Waals surface area contributed by atoms with Crippen molar-refractivity contribution in [3.8, 4) is 0 Å². The van der Waals surface area contributed by atoms with Gasteiger partial charge < -0.3 is 9.47 Å². The van der Waals surface area contributed by atoms with E-state index in [1.165, 1.54) is 29.3 Å². The molecular formula is C24H26ClN3O3. The van der Waals surface area contributed by atoms with Crippen LogP contribution in [0.5, 0.6) is 0 Å². The SMILES string of the molecule is CCCCN(Cc1cccn1Cc1cccc(C)c1)C(=O)c1ccc([N+](=O)[O-])cc1Cl. The van der Waals surface area contributed by atoms with Gasteiger partial charge in [-0.1, -0.05) is 54.8 Å². The molecule has 162 valence electrons. The summed E-state index contributed by atoms with van der Waals surface area (Å²) < 4.78 is 2.14. The van der Waals surface area contributed by atoms with Crippen molar-refractivity contribution in [2.75, 3.05) is 6.54 Å². The van der Waals surface area contributed by atoms with E-state index in [4.69, 9.17) is 11.6 Å².